The third-order valence-corrected chi connectivity index (χ3v) is 9.30. The molecule has 4 saturated carbocycles. The van der Waals surface area contributed by atoms with Gasteiger partial charge in [-0.1, -0.05) is 6.92 Å². The predicted octanol–water partition coefficient (Wildman–Crippen LogP) is 7.18. The van der Waals surface area contributed by atoms with Crippen molar-refractivity contribution < 1.29 is 17.6 Å². The molecule has 0 amide bonds. The molecule has 0 aromatic heterocycles. The summed E-state index contributed by atoms with van der Waals surface area (Å²) in [6.07, 6.45) is 6.38. The lowest BCUT2D eigenvalue weighted by atomic mass is 9.49. The Bertz CT molecular complexity index is 501. The van der Waals surface area contributed by atoms with Gasteiger partial charge in [0.25, 0.3) is 0 Å². The second-order valence-electron chi connectivity index (χ2n) is 10.1. The molecule has 0 aliphatic heterocycles. The molecule has 4 rings (SSSR count). The van der Waals surface area contributed by atoms with Crippen molar-refractivity contribution in [1.82, 2.24) is 0 Å². The number of rotatable bonds is 3. The Balaban J connectivity index is 1.46. The molecule has 0 saturated heterocycles. The van der Waals surface area contributed by atoms with E-state index in [2.05, 4.69) is 6.92 Å². The van der Waals surface area contributed by atoms with Crippen molar-refractivity contribution in [3.63, 3.8) is 0 Å². The summed E-state index contributed by atoms with van der Waals surface area (Å²) >= 11 is 0. The number of halogens is 4. The summed E-state index contributed by atoms with van der Waals surface area (Å²) in [5, 5.41) is 0. The van der Waals surface area contributed by atoms with Crippen LogP contribution in [0.3, 0.4) is 0 Å². The Morgan fingerprint density at radius 2 is 1.65 bits per heavy atom. The predicted molar refractivity (Wildman–Crippen MR) is 95.4 cm³/mol. The Labute approximate surface area is 155 Å². The van der Waals surface area contributed by atoms with Crippen LogP contribution in [0.5, 0.6) is 0 Å². The van der Waals surface area contributed by atoms with E-state index in [1.54, 1.807) is 0 Å². The number of hydrogen-bond donors (Lipinski definition) is 0. The van der Waals surface area contributed by atoms with Crippen LogP contribution in [0.25, 0.3) is 0 Å². The topological polar surface area (TPSA) is 0 Å². The summed E-state index contributed by atoms with van der Waals surface area (Å²) in [6, 6.07) is 0. The Morgan fingerprint density at radius 1 is 0.885 bits per heavy atom. The fourth-order valence-corrected chi connectivity index (χ4v) is 8.06. The Hall–Kier alpha value is -0.280. The molecule has 0 heterocycles. The Morgan fingerprint density at radius 3 is 2.38 bits per heavy atom. The average Bonchev–Trinajstić information content (AvgIpc) is 2.94. The van der Waals surface area contributed by atoms with E-state index in [-0.39, 0.29) is 6.67 Å². The van der Waals surface area contributed by atoms with E-state index in [9.17, 15) is 17.6 Å². The van der Waals surface area contributed by atoms with Gasteiger partial charge in [-0.2, -0.15) is 13.2 Å². The molecule has 8 unspecified atom stereocenters. The first-order chi connectivity index (χ1) is 12.3. The molecule has 0 spiro atoms. The third kappa shape index (κ3) is 3.11. The molecule has 8 atom stereocenters. The van der Waals surface area contributed by atoms with Crippen molar-refractivity contribution in [2.75, 3.05) is 6.67 Å². The molecule has 4 aliphatic carbocycles. The molecule has 4 heteroatoms. The van der Waals surface area contributed by atoms with E-state index in [4.69, 9.17) is 0 Å². The minimum absolute atomic E-state index is 0.201. The zero-order chi connectivity index (χ0) is 18.5. The maximum Gasteiger partial charge on any atom is 0.391 e. The fourth-order valence-electron chi connectivity index (χ4n) is 8.06. The highest BCUT2D eigenvalue weighted by atomic mass is 19.4. The summed E-state index contributed by atoms with van der Waals surface area (Å²) in [4.78, 5) is 0. The molecular weight excluding hydrogens is 340 g/mol. The third-order valence-electron chi connectivity index (χ3n) is 9.30. The van der Waals surface area contributed by atoms with Crippen LogP contribution in [0.2, 0.25) is 0 Å². The van der Waals surface area contributed by atoms with Gasteiger partial charge in [0, 0.05) is 0 Å². The summed E-state index contributed by atoms with van der Waals surface area (Å²) in [5.41, 5.74) is 0.367. The van der Waals surface area contributed by atoms with Gasteiger partial charge < -0.3 is 0 Å². The van der Waals surface area contributed by atoms with Crippen molar-refractivity contribution in [1.29, 1.82) is 0 Å². The maximum atomic E-state index is 13.2. The van der Waals surface area contributed by atoms with Crippen LogP contribution in [0, 0.1) is 46.8 Å². The van der Waals surface area contributed by atoms with E-state index in [0.717, 1.165) is 37.5 Å². The molecule has 0 aromatic carbocycles. The van der Waals surface area contributed by atoms with Crippen LogP contribution in [-0.4, -0.2) is 12.9 Å². The van der Waals surface area contributed by atoms with Gasteiger partial charge in [-0.05, 0) is 112 Å². The first kappa shape index (κ1) is 19.1. The van der Waals surface area contributed by atoms with Crippen LogP contribution in [0.4, 0.5) is 17.6 Å². The van der Waals surface area contributed by atoms with Crippen LogP contribution in [0.15, 0.2) is 0 Å². The van der Waals surface area contributed by atoms with E-state index in [1.807, 2.05) is 0 Å². The van der Waals surface area contributed by atoms with Gasteiger partial charge in [-0.3, -0.25) is 4.39 Å². The van der Waals surface area contributed by atoms with Gasteiger partial charge in [0.2, 0.25) is 0 Å². The zero-order valence-corrected chi connectivity index (χ0v) is 16.0. The Kier molecular flexibility index (Phi) is 5.10. The molecule has 0 N–H and O–H groups in total. The minimum atomic E-state index is -4.00. The second kappa shape index (κ2) is 6.95. The molecular formula is C22H34F4. The van der Waals surface area contributed by atoms with Gasteiger partial charge in [0.05, 0.1) is 12.6 Å². The highest BCUT2D eigenvalue weighted by Crippen LogP contribution is 2.65. The number of alkyl halides is 4. The first-order valence-corrected chi connectivity index (χ1v) is 11.0. The first-order valence-electron chi connectivity index (χ1n) is 11.0. The van der Waals surface area contributed by atoms with Crippen molar-refractivity contribution in [3.8, 4) is 0 Å². The van der Waals surface area contributed by atoms with Crippen molar-refractivity contribution in [3.05, 3.63) is 0 Å². The van der Waals surface area contributed by atoms with Gasteiger partial charge in [0.1, 0.15) is 0 Å². The lowest BCUT2D eigenvalue weighted by Crippen LogP contribution is -2.49. The molecule has 0 bridgehead atoms. The van der Waals surface area contributed by atoms with Gasteiger partial charge in [-0.25, -0.2) is 0 Å². The standard InChI is InChI=1S/C22H34F4/c1-21-11-10-18-17-8-5-16(22(24,25)26)13-14(17)4-7-19(18)20(21)9-6-15(21)3-2-12-23/h14-20H,2-13H2,1H3. The quantitative estimate of drug-likeness (QED) is 0.459. The van der Waals surface area contributed by atoms with Crippen LogP contribution >= 0.6 is 0 Å². The van der Waals surface area contributed by atoms with Crippen LogP contribution < -0.4 is 0 Å². The summed E-state index contributed by atoms with van der Waals surface area (Å²) < 4.78 is 52.2. The second-order valence-corrected chi connectivity index (χ2v) is 10.1. The highest BCUT2D eigenvalue weighted by molar-refractivity contribution is 5.06. The summed E-state index contributed by atoms with van der Waals surface area (Å²) in [6.45, 7) is 2.25. The van der Waals surface area contributed by atoms with E-state index < -0.39 is 12.1 Å². The molecule has 0 nitrogen and oxygen atoms in total. The maximum absolute atomic E-state index is 13.2. The molecule has 4 fully saturated rings. The van der Waals surface area contributed by atoms with Crippen molar-refractivity contribution in [2.24, 2.45) is 46.8 Å². The lowest BCUT2D eigenvalue weighted by Gasteiger charge is -2.56. The zero-order valence-electron chi connectivity index (χ0n) is 16.0. The molecule has 0 radical (unpaired) electrons. The van der Waals surface area contributed by atoms with E-state index >= 15 is 0 Å². The van der Waals surface area contributed by atoms with Crippen molar-refractivity contribution >= 4 is 0 Å². The average molecular weight is 375 g/mol. The SMILES string of the molecule is CC12CCC3C4CCC(C(F)(F)F)CC4CCC3C1CCC2CCCF. The minimum Gasteiger partial charge on any atom is -0.251 e. The molecule has 150 valence electrons. The fraction of sp³-hybridized carbons (Fsp3) is 1.00. The summed E-state index contributed by atoms with van der Waals surface area (Å²) in [5.74, 6) is 2.61. The van der Waals surface area contributed by atoms with Gasteiger partial charge in [0.15, 0.2) is 0 Å². The highest BCUT2D eigenvalue weighted by Gasteiger charge is 2.57. The largest absolute Gasteiger partial charge is 0.391 e. The van der Waals surface area contributed by atoms with Gasteiger partial charge in [-0.15, -0.1) is 0 Å². The number of hydrogen-bond acceptors (Lipinski definition) is 0. The van der Waals surface area contributed by atoms with Crippen LogP contribution in [-0.2, 0) is 0 Å². The number of fused-ring (bicyclic) bond motifs is 5. The van der Waals surface area contributed by atoms with E-state index in [0.29, 0.717) is 48.3 Å². The van der Waals surface area contributed by atoms with Crippen LogP contribution in [0.1, 0.15) is 77.6 Å². The molecule has 4 aliphatic rings. The van der Waals surface area contributed by atoms with E-state index in [1.165, 1.54) is 25.7 Å². The molecule has 0 aromatic rings. The van der Waals surface area contributed by atoms with Crippen molar-refractivity contribution in [2.45, 2.75) is 83.7 Å². The normalized spacial score (nSPS) is 48.6. The van der Waals surface area contributed by atoms with Gasteiger partial charge >= 0.3 is 6.18 Å². The summed E-state index contributed by atoms with van der Waals surface area (Å²) in [7, 11) is 0. The lowest BCUT2D eigenvalue weighted by molar-refractivity contribution is -0.196. The smallest absolute Gasteiger partial charge is 0.251 e. The monoisotopic (exact) mass is 374 g/mol. The molecule has 26 heavy (non-hydrogen) atoms.